The number of ether oxygens (including phenoxy) is 2. The van der Waals surface area contributed by atoms with Gasteiger partial charge in [0.15, 0.2) is 29.3 Å². The van der Waals surface area contributed by atoms with E-state index in [-0.39, 0.29) is 12.4 Å². The Morgan fingerprint density at radius 2 is 1.56 bits per heavy atom. The van der Waals surface area contributed by atoms with Gasteiger partial charge < -0.3 is 9.47 Å². The normalized spacial score (nSPS) is 14.8. The smallest absolute Gasteiger partial charge is 0.198 e. The summed E-state index contributed by atoms with van der Waals surface area (Å²) in [5.41, 5.74) is 3.19. The number of ketones is 1. The molecule has 4 aromatic carbocycles. The van der Waals surface area contributed by atoms with Crippen LogP contribution < -0.4 is 19.4 Å². The summed E-state index contributed by atoms with van der Waals surface area (Å²) in [5, 5.41) is 7.86. The molecule has 0 radical (unpaired) electrons. The maximum Gasteiger partial charge on any atom is 0.198 e. The highest BCUT2D eigenvalue weighted by atomic mass is 35.5. The van der Waals surface area contributed by atoms with Crippen molar-refractivity contribution in [2.24, 2.45) is 5.10 Å². The zero-order valence-electron chi connectivity index (χ0n) is 21.6. The van der Waals surface area contributed by atoms with Crippen molar-refractivity contribution in [1.82, 2.24) is 0 Å². The molecule has 4 aromatic rings. The van der Waals surface area contributed by atoms with Crippen molar-refractivity contribution in [2.75, 3.05) is 16.5 Å². The Bertz CT molecular complexity index is 1490. The molecule has 8 heteroatoms. The molecule has 1 aliphatic rings. The third kappa shape index (κ3) is 5.58. The first-order valence-corrected chi connectivity index (χ1v) is 13.3. The molecule has 0 saturated carbocycles. The molecule has 1 atom stereocenters. The van der Waals surface area contributed by atoms with Crippen molar-refractivity contribution < 1.29 is 14.3 Å². The Labute approximate surface area is 238 Å². The molecule has 0 N–H and O–H groups in total. The molecule has 1 aliphatic heterocycles. The van der Waals surface area contributed by atoms with Gasteiger partial charge >= 0.3 is 0 Å². The molecule has 1 unspecified atom stereocenters. The number of nitrogens with zero attached hydrogens (tertiary/aromatic N) is 3. The average molecular weight is 560 g/mol. The predicted octanol–water partition coefficient (Wildman–Crippen LogP) is 7.90. The van der Waals surface area contributed by atoms with E-state index in [1.807, 2.05) is 102 Å². The van der Waals surface area contributed by atoms with Crippen LogP contribution >= 0.6 is 23.2 Å². The maximum atomic E-state index is 13.0. The minimum Gasteiger partial charge on any atom is -0.490 e. The minimum absolute atomic E-state index is 0.173. The molecule has 0 amide bonds. The quantitative estimate of drug-likeness (QED) is 0.208. The second-order valence-electron chi connectivity index (χ2n) is 8.87. The predicted molar refractivity (Wildman–Crippen MR) is 157 cm³/mol. The Morgan fingerprint density at radius 1 is 0.846 bits per heavy atom. The van der Waals surface area contributed by atoms with Crippen molar-refractivity contribution in [2.45, 2.75) is 26.6 Å². The summed E-state index contributed by atoms with van der Waals surface area (Å²) in [4.78, 5) is 14.9. The van der Waals surface area contributed by atoms with Crippen LogP contribution in [0.5, 0.6) is 11.5 Å². The van der Waals surface area contributed by atoms with E-state index in [9.17, 15) is 4.79 Å². The fourth-order valence-electron chi connectivity index (χ4n) is 4.51. The Kier molecular flexibility index (Phi) is 8.05. The third-order valence-electron chi connectivity index (χ3n) is 6.26. The van der Waals surface area contributed by atoms with Gasteiger partial charge in [0, 0.05) is 33.8 Å². The average Bonchev–Trinajstić information content (AvgIpc) is 3.35. The number of hydrogen-bond donors (Lipinski definition) is 0. The number of anilines is 2. The number of para-hydroxylation sites is 2. The summed E-state index contributed by atoms with van der Waals surface area (Å²) in [6, 6.07) is 30.4. The highest BCUT2D eigenvalue weighted by molar-refractivity contribution is 6.44. The fraction of sp³-hybridized carbons (Fsp3) is 0.161. The van der Waals surface area contributed by atoms with Crippen molar-refractivity contribution in [1.29, 1.82) is 0 Å². The summed E-state index contributed by atoms with van der Waals surface area (Å²) in [6.45, 7) is 4.12. The van der Waals surface area contributed by atoms with Crippen LogP contribution in [0.25, 0.3) is 0 Å². The van der Waals surface area contributed by atoms with Crippen LogP contribution in [0.1, 0.15) is 31.1 Å². The van der Waals surface area contributed by atoms with Gasteiger partial charge in [0.2, 0.25) is 0 Å². The molecule has 1 heterocycles. The molecule has 198 valence electrons. The van der Waals surface area contributed by atoms with Gasteiger partial charge in [0.05, 0.1) is 12.3 Å². The summed E-state index contributed by atoms with van der Waals surface area (Å²) in [7, 11) is 0. The van der Waals surface area contributed by atoms with E-state index in [4.69, 9.17) is 37.8 Å². The lowest BCUT2D eigenvalue weighted by atomic mass is 10.1. The van der Waals surface area contributed by atoms with Gasteiger partial charge in [-0.3, -0.25) is 9.69 Å². The number of rotatable bonds is 9. The molecular formula is C31H27Cl2N3O3. The van der Waals surface area contributed by atoms with Crippen LogP contribution in [0.3, 0.4) is 0 Å². The van der Waals surface area contributed by atoms with Crippen molar-refractivity contribution >= 4 is 46.2 Å². The van der Waals surface area contributed by atoms with Gasteiger partial charge in [-0.2, -0.15) is 0 Å². The van der Waals surface area contributed by atoms with E-state index in [1.165, 1.54) is 6.92 Å². The van der Waals surface area contributed by atoms with E-state index in [0.717, 1.165) is 22.5 Å². The van der Waals surface area contributed by atoms with Gasteiger partial charge in [0.25, 0.3) is 0 Å². The van der Waals surface area contributed by atoms with Crippen molar-refractivity contribution in [3.8, 4) is 11.5 Å². The van der Waals surface area contributed by atoms with E-state index in [0.29, 0.717) is 34.0 Å². The number of carbonyl (C=O) groups excluding carboxylic acids is 1. The van der Waals surface area contributed by atoms with E-state index in [1.54, 1.807) is 12.1 Å². The number of amidine groups is 1. The Balaban J connectivity index is 1.68. The highest BCUT2D eigenvalue weighted by Crippen LogP contribution is 2.45. The number of carbonyl (C=O) groups is 1. The number of Topliss-reactive ketones (excluding diaryl/α,β-unsaturated/α-hetero) is 1. The molecule has 39 heavy (non-hydrogen) atoms. The van der Waals surface area contributed by atoms with Crippen molar-refractivity contribution in [3.05, 3.63) is 118 Å². The lowest BCUT2D eigenvalue weighted by Crippen LogP contribution is -2.38. The van der Waals surface area contributed by atoms with Crippen LogP contribution in [-0.4, -0.2) is 18.2 Å². The molecule has 0 fully saturated rings. The lowest BCUT2D eigenvalue weighted by molar-refractivity contribution is -0.111. The van der Waals surface area contributed by atoms with Crippen molar-refractivity contribution in [3.63, 3.8) is 0 Å². The Hall–Kier alpha value is -4.00. The summed E-state index contributed by atoms with van der Waals surface area (Å²) >= 11 is 12.7. The number of benzene rings is 4. The molecule has 0 spiro atoms. The van der Waals surface area contributed by atoms with E-state index in [2.05, 4.69) is 0 Å². The van der Waals surface area contributed by atoms with Crippen LogP contribution in [-0.2, 0) is 11.4 Å². The van der Waals surface area contributed by atoms with Gasteiger partial charge in [-0.25, -0.2) is 5.01 Å². The molecule has 6 nitrogen and oxygen atoms in total. The second-order valence-corrected chi connectivity index (χ2v) is 9.71. The third-order valence-corrected chi connectivity index (χ3v) is 6.89. The van der Waals surface area contributed by atoms with Crippen LogP contribution in [0.2, 0.25) is 10.0 Å². The first-order valence-electron chi connectivity index (χ1n) is 12.6. The van der Waals surface area contributed by atoms with Crippen LogP contribution in [0.15, 0.2) is 102 Å². The molecular weight excluding hydrogens is 533 g/mol. The molecule has 0 aliphatic carbocycles. The SMILES string of the molecule is CCOc1cccc(C2N(c3ccccc3)N=C(C(C)=O)N2c2ccc(Cl)cc2)c1OCc1ccccc1Cl. The summed E-state index contributed by atoms with van der Waals surface area (Å²) in [5.74, 6) is 1.25. The number of hydrogen-bond acceptors (Lipinski definition) is 6. The zero-order valence-corrected chi connectivity index (χ0v) is 23.1. The minimum atomic E-state index is -0.561. The topological polar surface area (TPSA) is 54.4 Å². The summed E-state index contributed by atoms with van der Waals surface area (Å²) < 4.78 is 12.5. The highest BCUT2D eigenvalue weighted by Gasteiger charge is 2.41. The molecule has 0 saturated heterocycles. The van der Waals surface area contributed by atoms with Gasteiger partial charge in [0.1, 0.15) is 6.61 Å². The summed E-state index contributed by atoms with van der Waals surface area (Å²) in [6.07, 6.45) is -0.561. The fourth-order valence-corrected chi connectivity index (χ4v) is 4.83. The first-order chi connectivity index (χ1) is 19.0. The molecule has 0 aromatic heterocycles. The monoisotopic (exact) mass is 559 g/mol. The zero-order chi connectivity index (χ0) is 27.4. The second kappa shape index (κ2) is 11.8. The van der Waals surface area contributed by atoms with Gasteiger partial charge in [-0.1, -0.05) is 71.7 Å². The standard InChI is InChI=1S/C31H27Cl2N3O3/c1-3-38-28-15-9-13-26(29(28)39-20-22-10-7-8-14-27(22)33)31-35(24-18-16-23(32)17-19-24)30(21(2)37)34-36(31)25-11-5-4-6-12-25/h4-19,31H,3,20H2,1-2H3. The van der Waals surface area contributed by atoms with E-state index >= 15 is 0 Å². The van der Waals surface area contributed by atoms with Gasteiger partial charge in [-0.05, 0) is 55.5 Å². The van der Waals surface area contributed by atoms with Crippen LogP contribution in [0.4, 0.5) is 11.4 Å². The lowest BCUT2D eigenvalue weighted by Gasteiger charge is -2.33. The number of hydrazone groups is 1. The Morgan fingerprint density at radius 3 is 2.26 bits per heavy atom. The first kappa shape index (κ1) is 26.6. The van der Waals surface area contributed by atoms with Crippen LogP contribution in [0, 0.1) is 0 Å². The maximum absolute atomic E-state index is 13.0. The van der Waals surface area contributed by atoms with Gasteiger partial charge in [-0.15, -0.1) is 5.10 Å². The number of halogens is 2. The van der Waals surface area contributed by atoms with E-state index < -0.39 is 6.17 Å². The largest absolute Gasteiger partial charge is 0.490 e. The molecule has 5 rings (SSSR count). The molecule has 0 bridgehead atoms.